The van der Waals surface area contributed by atoms with Crippen molar-refractivity contribution in [3.05, 3.63) is 46.6 Å². The van der Waals surface area contributed by atoms with Crippen molar-refractivity contribution in [3.63, 3.8) is 0 Å². The van der Waals surface area contributed by atoms with Gasteiger partial charge in [-0.2, -0.15) is 0 Å². The second-order valence-corrected chi connectivity index (χ2v) is 11.0. The Morgan fingerprint density at radius 1 is 0.636 bits per heavy atom. The molecule has 0 aromatic rings. The van der Waals surface area contributed by atoms with E-state index in [4.69, 9.17) is 0 Å². The maximum absolute atomic E-state index is 11.5. The van der Waals surface area contributed by atoms with Crippen molar-refractivity contribution >= 4 is 0 Å². The number of aliphatic hydroxyl groups excluding tert-OH is 2. The maximum Gasteiger partial charge on any atom is 0.0817 e. The molecule has 2 heteroatoms. The molecule has 2 nitrogen and oxygen atoms in total. The van der Waals surface area contributed by atoms with Gasteiger partial charge in [0.15, 0.2) is 0 Å². The topological polar surface area (TPSA) is 40.5 Å². The third kappa shape index (κ3) is 6.95. The zero-order chi connectivity index (χ0) is 24.5. The number of rotatable bonds is 14. The molecule has 0 saturated carbocycles. The zero-order valence-corrected chi connectivity index (χ0v) is 22.6. The highest BCUT2D eigenvalue weighted by Crippen LogP contribution is 2.53. The number of aliphatic hydroxyl groups is 2. The van der Waals surface area contributed by atoms with E-state index in [0.717, 1.165) is 57.8 Å². The molecule has 188 valence electrons. The maximum atomic E-state index is 11.5. The lowest BCUT2D eigenvalue weighted by molar-refractivity contribution is 0.00269. The molecule has 0 aliphatic heterocycles. The van der Waals surface area contributed by atoms with E-state index in [9.17, 15) is 10.2 Å². The summed E-state index contributed by atoms with van der Waals surface area (Å²) >= 11 is 0. The lowest BCUT2D eigenvalue weighted by Gasteiger charge is -2.48. The standard InChI is InChI=1S/C31H52O2/c1-7-11-15-26-21-30(17-13-9-3,28(32)19-24(26)5)23-31(18-14-10-4)22-27(16-12-8-2)25(6)20-29(31)33/h19-22,28-29,32-33H,7-18,23H2,1-6H3. The van der Waals surface area contributed by atoms with Gasteiger partial charge in [0.1, 0.15) is 0 Å². The van der Waals surface area contributed by atoms with Crippen LogP contribution in [0.4, 0.5) is 0 Å². The molecule has 0 amide bonds. The molecular formula is C31H52O2. The molecule has 2 N–H and O–H groups in total. The van der Waals surface area contributed by atoms with Crippen LogP contribution in [0.15, 0.2) is 46.6 Å². The van der Waals surface area contributed by atoms with Gasteiger partial charge in [-0.1, -0.05) is 90.5 Å². The SMILES string of the molecule is CCCCC1=CC(CCCC)(CC2(CCCC)C=C(CCCC)C(C)=CC2O)C(O)C=C1C. The Kier molecular flexibility index (Phi) is 11.2. The van der Waals surface area contributed by atoms with Gasteiger partial charge >= 0.3 is 0 Å². The number of hydrogen-bond acceptors (Lipinski definition) is 2. The molecule has 0 radical (unpaired) electrons. The Morgan fingerprint density at radius 3 is 1.33 bits per heavy atom. The molecule has 4 atom stereocenters. The van der Waals surface area contributed by atoms with Gasteiger partial charge in [-0.15, -0.1) is 0 Å². The monoisotopic (exact) mass is 456 g/mol. The molecule has 0 saturated heterocycles. The largest absolute Gasteiger partial charge is 0.388 e. The summed E-state index contributed by atoms with van der Waals surface area (Å²) in [5, 5.41) is 23.1. The molecule has 0 spiro atoms. The van der Waals surface area contributed by atoms with Crippen molar-refractivity contribution in [2.75, 3.05) is 0 Å². The highest BCUT2D eigenvalue weighted by molar-refractivity contribution is 5.41. The van der Waals surface area contributed by atoms with Crippen LogP contribution in [0.3, 0.4) is 0 Å². The van der Waals surface area contributed by atoms with Crippen molar-refractivity contribution in [3.8, 4) is 0 Å². The van der Waals surface area contributed by atoms with Crippen molar-refractivity contribution < 1.29 is 10.2 Å². The highest BCUT2D eigenvalue weighted by atomic mass is 16.3. The molecule has 2 rings (SSSR count). The predicted octanol–water partition coefficient (Wildman–Crippen LogP) is 8.60. The van der Waals surface area contributed by atoms with E-state index >= 15 is 0 Å². The smallest absolute Gasteiger partial charge is 0.0817 e. The molecular weight excluding hydrogens is 404 g/mol. The molecule has 33 heavy (non-hydrogen) atoms. The lowest BCUT2D eigenvalue weighted by Crippen LogP contribution is -2.45. The summed E-state index contributed by atoms with van der Waals surface area (Å²) in [6.45, 7) is 13.3. The Bertz CT molecular complexity index is 678. The van der Waals surface area contributed by atoms with Crippen LogP contribution in [-0.2, 0) is 0 Å². The first-order valence-electron chi connectivity index (χ1n) is 13.9. The van der Waals surface area contributed by atoms with Crippen LogP contribution in [0, 0.1) is 10.8 Å². The fourth-order valence-electron chi connectivity index (χ4n) is 5.94. The Morgan fingerprint density at radius 2 is 1.00 bits per heavy atom. The molecule has 2 aliphatic carbocycles. The first kappa shape index (κ1) is 28.1. The number of allylic oxidation sites excluding steroid dienone is 4. The van der Waals surface area contributed by atoms with Gasteiger partial charge < -0.3 is 10.2 Å². The van der Waals surface area contributed by atoms with Gasteiger partial charge in [0.2, 0.25) is 0 Å². The van der Waals surface area contributed by atoms with Gasteiger partial charge in [0.05, 0.1) is 12.2 Å². The van der Waals surface area contributed by atoms with E-state index in [-0.39, 0.29) is 10.8 Å². The van der Waals surface area contributed by atoms with Gasteiger partial charge in [0, 0.05) is 10.8 Å². The first-order chi connectivity index (χ1) is 15.8. The second kappa shape index (κ2) is 13.1. The van der Waals surface area contributed by atoms with E-state index in [1.54, 1.807) is 0 Å². The molecule has 0 aromatic carbocycles. The van der Waals surface area contributed by atoms with Crippen LogP contribution in [0.2, 0.25) is 0 Å². The summed E-state index contributed by atoms with van der Waals surface area (Å²) in [7, 11) is 0. The summed E-state index contributed by atoms with van der Waals surface area (Å²) in [5.41, 5.74) is 4.69. The van der Waals surface area contributed by atoms with Crippen molar-refractivity contribution in [1.29, 1.82) is 0 Å². The lowest BCUT2D eigenvalue weighted by atomic mass is 9.58. The van der Waals surface area contributed by atoms with E-state index in [2.05, 4.69) is 65.8 Å². The minimum Gasteiger partial charge on any atom is -0.388 e. The van der Waals surface area contributed by atoms with Gasteiger partial charge in [-0.25, -0.2) is 0 Å². The molecule has 4 unspecified atom stereocenters. The van der Waals surface area contributed by atoms with E-state index in [1.807, 2.05) is 0 Å². The Hall–Kier alpha value is -1.12. The average molecular weight is 457 g/mol. The number of hydrogen-bond donors (Lipinski definition) is 2. The Balaban J connectivity index is 2.55. The van der Waals surface area contributed by atoms with Gasteiger partial charge in [-0.3, -0.25) is 0 Å². The second-order valence-electron chi connectivity index (χ2n) is 11.0. The van der Waals surface area contributed by atoms with Crippen molar-refractivity contribution in [2.24, 2.45) is 10.8 Å². The summed E-state index contributed by atoms with van der Waals surface area (Å²) < 4.78 is 0. The van der Waals surface area contributed by atoms with Gasteiger partial charge in [0.25, 0.3) is 0 Å². The summed E-state index contributed by atoms with van der Waals surface area (Å²) in [5.74, 6) is 0. The highest BCUT2D eigenvalue weighted by Gasteiger charge is 2.47. The van der Waals surface area contributed by atoms with Crippen LogP contribution < -0.4 is 0 Å². The summed E-state index contributed by atoms with van der Waals surface area (Å²) in [4.78, 5) is 0. The van der Waals surface area contributed by atoms with Crippen LogP contribution in [-0.4, -0.2) is 22.4 Å². The summed E-state index contributed by atoms with van der Waals surface area (Å²) in [6.07, 6.45) is 22.3. The quantitative estimate of drug-likeness (QED) is 0.275. The minimum atomic E-state index is -0.486. The first-order valence-corrected chi connectivity index (χ1v) is 13.9. The minimum absolute atomic E-state index is 0.307. The molecule has 0 aromatic heterocycles. The Labute approximate surface area is 205 Å². The van der Waals surface area contributed by atoms with E-state index in [0.29, 0.717) is 0 Å². The zero-order valence-electron chi connectivity index (χ0n) is 22.6. The third-order valence-corrected chi connectivity index (χ3v) is 8.18. The molecule has 0 fully saturated rings. The summed E-state index contributed by atoms with van der Waals surface area (Å²) in [6, 6.07) is 0. The fraction of sp³-hybridized carbons (Fsp3) is 0.742. The molecule has 2 aliphatic rings. The third-order valence-electron chi connectivity index (χ3n) is 8.18. The normalized spacial score (nSPS) is 29.9. The van der Waals surface area contributed by atoms with Crippen molar-refractivity contribution in [2.45, 2.75) is 137 Å². The predicted molar refractivity (Wildman–Crippen MR) is 143 cm³/mol. The number of unbranched alkanes of at least 4 members (excludes halogenated alkanes) is 4. The van der Waals surface area contributed by atoms with Crippen LogP contribution in [0.5, 0.6) is 0 Å². The molecule has 0 bridgehead atoms. The van der Waals surface area contributed by atoms with Crippen LogP contribution >= 0.6 is 0 Å². The van der Waals surface area contributed by atoms with Crippen molar-refractivity contribution in [1.82, 2.24) is 0 Å². The van der Waals surface area contributed by atoms with Crippen LogP contribution in [0.1, 0.15) is 125 Å². The van der Waals surface area contributed by atoms with E-state index in [1.165, 1.54) is 48.0 Å². The average Bonchev–Trinajstić information content (AvgIpc) is 2.79. The van der Waals surface area contributed by atoms with E-state index < -0.39 is 12.2 Å². The van der Waals surface area contributed by atoms with Crippen LogP contribution in [0.25, 0.3) is 0 Å². The fourth-order valence-corrected chi connectivity index (χ4v) is 5.94. The molecule has 0 heterocycles. The van der Waals surface area contributed by atoms with Gasteiger partial charge in [-0.05, 0) is 81.1 Å².